The molecule has 3 aromatic rings. The first-order chi connectivity index (χ1) is 12.6. The average Bonchev–Trinajstić information content (AvgIpc) is 3.18. The highest BCUT2D eigenvalue weighted by molar-refractivity contribution is 8.02. The maximum Gasteiger partial charge on any atom is 0.340 e. The number of hydrogen-bond donors (Lipinski definition) is 0. The van der Waals surface area contributed by atoms with E-state index in [9.17, 15) is 9.59 Å². The van der Waals surface area contributed by atoms with Gasteiger partial charge in [-0.25, -0.2) is 9.48 Å². The maximum atomic E-state index is 12.6. The molecule has 0 saturated carbocycles. The van der Waals surface area contributed by atoms with E-state index in [0.717, 1.165) is 25.8 Å². The molecule has 6 nitrogen and oxygen atoms in total. The van der Waals surface area contributed by atoms with Crippen molar-refractivity contribution in [2.75, 3.05) is 19.5 Å². The number of esters is 2. The van der Waals surface area contributed by atoms with Gasteiger partial charge in [0.15, 0.2) is 0 Å². The Labute approximate surface area is 159 Å². The molecule has 8 heteroatoms. The van der Waals surface area contributed by atoms with Crippen molar-refractivity contribution in [3.63, 3.8) is 0 Å². The Hall–Kier alpha value is -2.32. The highest BCUT2D eigenvalue weighted by atomic mass is 32.2. The van der Waals surface area contributed by atoms with Gasteiger partial charge in [-0.2, -0.15) is 5.10 Å². The summed E-state index contributed by atoms with van der Waals surface area (Å²) in [6.45, 7) is 3.91. The number of para-hydroxylation sites is 1. The molecule has 0 atom stereocenters. The number of carbonyl (C=O) groups is 2. The number of hydrogen-bond acceptors (Lipinski definition) is 7. The van der Waals surface area contributed by atoms with Gasteiger partial charge >= 0.3 is 11.9 Å². The Kier molecular flexibility index (Phi) is 5.63. The van der Waals surface area contributed by atoms with Crippen LogP contribution in [0.1, 0.15) is 23.0 Å². The molecule has 2 heterocycles. The molecule has 0 radical (unpaired) electrons. The number of nitrogens with zero attached hydrogens (tertiary/aromatic N) is 2. The summed E-state index contributed by atoms with van der Waals surface area (Å²) >= 11 is 2.71. The summed E-state index contributed by atoms with van der Waals surface area (Å²) in [6.07, 6.45) is 0. The molecule has 0 aliphatic rings. The third-order valence-electron chi connectivity index (χ3n) is 3.69. The molecule has 26 heavy (non-hydrogen) atoms. The second-order valence-corrected chi connectivity index (χ2v) is 7.61. The zero-order valence-electron chi connectivity index (χ0n) is 14.6. The van der Waals surface area contributed by atoms with E-state index >= 15 is 0 Å². The third-order valence-corrected chi connectivity index (χ3v) is 6.10. The van der Waals surface area contributed by atoms with Crippen molar-refractivity contribution >= 4 is 45.3 Å². The highest BCUT2D eigenvalue weighted by Crippen LogP contribution is 2.41. The smallest absolute Gasteiger partial charge is 0.340 e. The first kappa shape index (κ1) is 18.5. The van der Waals surface area contributed by atoms with Crippen LogP contribution in [0.4, 0.5) is 0 Å². The lowest BCUT2D eigenvalue weighted by Gasteiger charge is -2.04. The molecule has 0 unspecified atom stereocenters. The van der Waals surface area contributed by atoms with Crippen molar-refractivity contribution in [3.05, 3.63) is 41.6 Å². The molecule has 2 aromatic heterocycles. The number of benzene rings is 1. The van der Waals surface area contributed by atoms with E-state index in [1.54, 1.807) is 6.92 Å². The van der Waals surface area contributed by atoms with Gasteiger partial charge in [-0.1, -0.05) is 18.2 Å². The number of ether oxygens (including phenoxy) is 2. The number of carbonyl (C=O) groups excluding carboxylic acids is 2. The second-order valence-electron chi connectivity index (χ2n) is 5.36. The topological polar surface area (TPSA) is 70.4 Å². The van der Waals surface area contributed by atoms with Crippen LogP contribution in [0.15, 0.2) is 34.5 Å². The summed E-state index contributed by atoms with van der Waals surface area (Å²) in [4.78, 5) is 25.0. The van der Waals surface area contributed by atoms with E-state index in [4.69, 9.17) is 9.47 Å². The lowest BCUT2D eigenvalue weighted by molar-refractivity contribution is -0.137. The van der Waals surface area contributed by atoms with Crippen molar-refractivity contribution in [1.29, 1.82) is 0 Å². The van der Waals surface area contributed by atoms with Crippen LogP contribution in [0, 0.1) is 6.92 Å². The molecule has 0 amide bonds. The molecule has 0 aliphatic heterocycles. The van der Waals surface area contributed by atoms with E-state index in [0.29, 0.717) is 5.56 Å². The van der Waals surface area contributed by atoms with Gasteiger partial charge in [0.05, 0.1) is 46.0 Å². The quantitative estimate of drug-likeness (QED) is 0.470. The molecular weight excluding hydrogens is 372 g/mol. The maximum absolute atomic E-state index is 12.6. The Balaban J connectivity index is 2.14. The molecule has 1 aromatic carbocycles. The summed E-state index contributed by atoms with van der Waals surface area (Å²) in [5.41, 5.74) is 2.13. The standard InChI is InChI=1S/C18H18N2O4S2/c1-4-24-17(22)15-14-11(2)19-20(12-8-6-5-7-9-12)16(14)26-18(15)25-10-13(21)23-3/h5-9H,4,10H2,1-3H3. The van der Waals surface area contributed by atoms with Crippen molar-refractivity contribution in [2.24, 2.45) is 0 Å². The number of aryl methyl sites for hydroxylation is 1. The van der Waals surface area contributed by atoms with Crippen LogP contribution < -0.4 is 0 Å². The van der Waals surface area contributed by atoms with Gasteiger partial charge in [0.1, 0.15) is 4.83 Å². The molecule has 0 bridgehead atoms. The predicted molar refractivity (Wildman–Crippen MR) is 102 cm³/mol. The molecule has 0 spiro atoms. The Bertz CT molecular complexity index is 947. The molecule has 0 aliphatic carbocycles. The molecule has 136 valence electrons. The Morgan fingerprint density at radius 1 is 1.27 bits per heavy atom. The average molecular weight is 390 g/mol. The Morgan fingerprint density at radius 2 is 2.00 bits per heavy atom. The van der Waals surface area contributed by atoms with Gasteiger partial charge in [-0.3, -0.25) is 4.79 Å². The van der Waals surface area contributed by atoms with E-state index in [-0.39, 0.29) is 18.3 Å². The van der Waals surface area contributed by atoms with Crippen molar-refractivity contribution in [2.45, 2.75) is 18.1 Å². The number of thioether (sulfide) groups is 1. The number of rotatable bonds is 6. The monoisotopic (exact) mass is 390 g/mol. The minimum atomic E-state index is -0.401. The number of aromatic nitrogens is 2. The molecule has 0 N–H and O–H groups in total. The fraction of sp³-hybridized carbons (Fsp3) is 0.278. The van der Waals surface area contributed by atoms with Crippen molar-refractivity contribution in [3.8, 4) is 5.69 Å². The summed E-state index contributed by atoms with van der Waals surface area (Å²) in [5.74, 6) is -0.616. The second kappa shape index (κ2) is 7.92. The van der Waals surface area contributed by atoms with Crippen LogP contribution in [0.25, 0.3) is 15.9 Å². The van der Waals surface area contributed by atoms with Crippen LogP contribution in [-0.2, 0) is 14.3 Å². The number of thiophene rings is 1. The van der Waals surface area contributed by atoms with Gasteiger partial charge in [0.2, 0.25) is 0 Å². The number of methoxy groups -OCH3 is 1. The SMILES string of the molecule is CCOC(=O)c1c(SCC(=O)OC)sc2c1c(C)nn2-c1ccccc1. The van der Waals surface area contributed by atoms with Crippen LogP contribution in [0.5, 0.6) is 0 Å². The van der Waals surface area contributed by atoms with E-state index in [2.05, 4.69) is 5.10 Å². The highest BCUT2D eigenvalue weighted by Gasteiger charge is 2.26. The van der Waals surface area contributed by atoms with Gasteiger partial charge < -0.3 is 9.47 Å². The normalized spacial score (nSPS) is 10.9. The van der Waals surface area contributed by atoms with Gasteiger partial charge in [0.25, 0.3) is 0 Å². The summed E-state index contributed by atoms with van der Waals surface area (Å²) in [7, 11) is 1.34. The third kappa shape index (κ3) is 3.47. The molecule has 3 rings (SSSR count). The fourth-order valence-electron chi connectivity index (χ4n) is 2.55. The van der Waals surface area contributed by atoms with Gasteiger partial charge in [0, 0.05) is 0 Å². The number of fused-ring (bicyclic) bond motifs is 1. The lowest BCUT2D eigenvalue weighted by atomic mass is 10.2. The minimum absolute atomic E-state index is 0.129. The van der Waals surface area contributed by atoms with E-state index < -0.39 is 5.97 Å². The molecule has 0 fully saturated rings. The first-order valence-corrected chi connectivity index (χ1v) is 9.81. The van der Waals surface area contributed by atoms with Crippen molar-refractivity contribution in [1.82, 2.24) is 9.78 Å². The molecule has 0 saturated heterocycles. The van der Waals surface area contributed by atoms with Crippen LogP contribution >= 0.6 is 23.1 Å². The summed E-state index contributed by atoms with van der Waals surface area (Å²) in [5, 5.41) is 5.36. The van der Waals surface area contributed by atoms with Gasteiger partial charge in [-0.15, -0.1) is 23.1 Å². The summed E-state index contributed by atoms with van der Waals surface area (Å²) < 4.78 is 12.5. The lowest BCUT2D eigenvalue weighted by Crippen LogP contribution is -2.07. The van der Waals surface area contributed by atoms with Crippen LogP contribution in [-0.4, -0.2) is 41.2 Å². The largest absolute Gasteiger partial charge is 0.468 e. The molecular formula is C18H18N2O4S2. The minimum Gasteiger partial charge on any atom is -0.468 e. The fourth-order valence-corrected chi connectivity index (χ4v) is 4.94. The first-order valence-electron chi connectivity index (χ1n) is 8.01. The predicted octanol–water partition coefficient (Wildman–Crippen LogP) is 3.84. The van der Waals surface area contributed by atoms with Crippen molar-refractivity contribution < 1.29 is 19.1 Å². The zero-order valence-corrected chi connectivity index (χ0v) is 16.3. The van der Waals surface area contributed by atoms with E-state index in [1.165, 1.54) is 30.2 Å². The van der Waals surface area contributed by atoms with Gasteiger partial charge in [-0.05, 0) is 26.0 Å². The summed E-state index contributed by atoms with van der Waals surface area (Å²) in [6, 6.07) is 9.72. The van der Waals surface area contributed by atoms with Crippen LogP contribution in [0.2, 0.25) is 0 Å². The van der Waals surface area contributed by atoms with Crippen LogP contribution in [0.3, 0.4) is 0 Å². The zero-order chi connectivity index (χ0) is 18.7. The Morgan fingerprint density at radius 3 is 2.65 bits per heavy atom. The van der Waals surface area contributed by atoms with E-state index in [1.807, 2.05) is 41.9 Å².